The minimum Gasteiger partial charge on any atom is -0.258 e. The van der Waals surface area contributed by atoms with Crippen LogP contribution in [0.1, 0.15) is 5.56 Å². The molecule has 0 heterocycles. The monoisotopic (exact) mass is 226 g/mol. The number of para-hydroxylation sites is 1. The van der Waals surface area contributed by atoms with Crippen molar-refractivity contribution < 1.29 is 4.92 Å². The molecule has 4 nitrogen and oxygen atoms in total. The Labute approximate surface area is 98.4 Å². The van der Waals surface area contributed by atoms with Crippen molar-refractivity contribution in [3.8, 4) is 0 Å². The predicted molar refractivity (Wildman–Crippen MR) is 66.8 cm³/mol. The van der Waals surface area contributed by atoms with E-state index in [1.54, 1.807) is 18.3 Å². The van der Waals surface area contributed by atoms with Crippen LogP contribution in [0.5, 0.6) is 0 Å². The van der Waals surface area contributed by atoms with E-state index in [0.29, 0.717) is 0 Å². The third-order valence-electron chi connectivity index (χ3n) is 2.22. The second-order valence-electron chi connectivity index (χ2n) is 3.44. The molecule has 0 radical (unpaired) electrons. The Morgan fingerprint density at radius 3 is 2.24 bits per heavy atom. The maximum Gasteiger partial charge on any atom is 0.269 e. The first kappa shape index (κ1) is 11.0. The predicted octanol–water partition coefficient (Wildman–Crippen LogP) is 3.35. The molecular weight excluding hydrogens is 216 g/mol. The van der Waals surface area contributed by atoms with Gasteiger partial charge in [0.1, 0.15) is 0 Å². The number of aliphatic imine (C=N–C) groups is 1. The molecule has 4 heteroatoms. The Morgan fingerprint density at radius 1 is 1.00 bits per heavy atom. The number of rotatable bonds is 3. The van der Waals surface area contributed by atoms with Crippen molar-refractivity contribution in [2.45, 2.75) is 0 Å². The molecule has 0 amide bonds. The Balaban J connectivity index is 2.14. The van der Waals surface area contributed by atoms with Crippen LogP contribution >= 0.6 is 0 Å². The van der Waals surface area contributed by atoms with Gasteiger partial charge in [-0.15, -0.1) is 0 Å². The van der Waals surface area contributed by atoms with E-state index in [1.165, 1.54) is 12.1 Å². The van der Waals surface area contributed by atoms with Crippen molar-refractivity contribution in [1.29, 1.82) is 0 Å². The molecule has 2 aromatic rings. The SMILES string of the molecule is O=[N+]([O-])c1ccc(/C=N/c2ccccc2)cc1. The third-order valence-corrected chi connectivity index (χ3v) is 2.22. The lowest BCUT2D eigenvalue weighted by Crippen LogP contribution is -1.88. The highest BCUT2D eigenvalue weighted by molar-refractivity contribution is 5.82. The average Bonchev–Trinajstić information content (AvgIpc) is 2.38. The van der Waals surface area contributed by atoms with Crippen molar-refractivity contribution >= 4 is 17.6 Å². The van der Waals surface area contributed by atoms with Crippen LogP contribution in [-0.4, -0.2) is 11.1 Å². The summed E-state index contributed by atoms with van der Waals surface area (Å²) in [5.41, 5.74) is 1.77. The van der Waals surface area contributed by atoms with Gasteiger partial charge in [-0.1, -0.05) is 18.2 Å². The molecule has 0 aromatic heterocycles. The van der Waals surface area contributed by atoms with Crippen molar-refractivity contribution in [3.05, 3.63) is 70.3 Å². The molecule has 84 valence electrons. The van der Waals surface area contributed by atoms with Gasteiger partial charge in [0, 0.05) is 18.3 Å². The van der Waals surface area contributed by atoms with E-state index < -0.39 is 4.92 Å². The van der Waals surface area contributed by atoms with Gasteiger partial charge < -0.3 is 0 Å². The second kappa shape index (κ2) is 5.03. The van der Waals surface area contributed by atoms with Gasteiger partial charge in [-0.05, 0) is 29.8 Å². The summed E-state index contributed by atoms with van der Waals surface area (Å²) in [6.07, 6.45) is 1.68. The first-order chi connectivity index (χ1) is 8.25. The van der Waals surface area contributed by atoms with Crippen LogP contribution in [0.15, 0.2) is 59.6 Å². The van der Waals surface area contributed by atoms with Crippen molar-refractivity contribution in [2.75, 3.05) is 0 Å². The highest BCUT2D eigenvalue weighted by Crippen LogP contribution is 2.13. The average molecular weight is 226 g/mol. The van der Waals surface area contributed by atoms with E-state index in [1.807, 2.05) is 30.3 Å². The Hall–Kier alpha value is -2.49. The molecular formula is C13H10N2O2. The normalized spacial score (nSPS) is 10.6. The Bertz CT molecular complexity index is 533. The molecule has 17 heavy (non-hydrogen) atoms. The van der Waals surface area contributed by atoms with E-state index in [-0.39, 0.29) is 5.69 Å². The molecule has 0 aliphatic rings. The van der Waals surface area contributed by atoms with Crippen LogP contribution in [0.4, 0.5) is 11.4 Å². The molecule has 0 aliphatic heterocycles. The first-order valence-corrected chi connectivity index (χ1v) is 5.09. The largest absolute Gasteiger partial charge is 0.269 e. The van der Waals surface area contributed by atoms with E-state index >= 15 is 0 Å². The minimum atomic E-state index is -0.419. The smallest absolute Gasteiger partial charge is 0.258 e. The molecule has 0 saturated heterocycles. The van der Waals surface area contributed by atoms with Gasteiger partial charge in [-0.25, -0.2) is 0 Å². The highest BCUT2D eigenvalue weighted by atomic mass is 16.6. The van der Waals surface area contributed by atoms with E-state index in [2.05, 4.69) is 4.99 Å². The number of non-ortho nitro benzene ring substituents is 1. The summed E-state index contributed by atoms with van der Waals surface area (Å²) >= 11 is 0. The number of hydrogen-bond acceptors (Lipinski definition) is 3. The Kier molecular flexibility index (Phi) is 3.25. The van der Waals surface area contributed by atoms with Crippen LogP contribution in [-0.2, 0) is 0 Å². The molecule has 2 aromatic carbocycles. The zero-order valence-electron chi connectivity index (χ0n) is 8.98. The topological polar surface area (TPSA) is 55.5 Å². The van der Waals surface area contributed by atoms with E-state index in [4.69, 9.17) is 0 Å². The zero-order valence-corrected chi connectivity index (χ0v) is 8.98. The fraction of sp³-hybridized carbons (Fsp3) is 0. The molecule has 0 N–H and O–H groups in total. The standard InChI is InChI=1S/C13H10N2O2/c16-15(17)13-8-6-11(7-9-13)10-14-12-4-2-1-3-5-12/h1-10H/b14-10+. The van der Waals surface area contributed by atoms with Crippen LogP contribution < -0.4 is 0 Å². The summed E-state index contributed by atoms with van der Waals surface area (Å²) in [4.78, 5) is 14.3. The number of nitro benzene ring substituents is 1. The highest BCUT2D eigenvalue weighted by Gasteiger charge is 2.02. The van der Waals surface area contributed by atoms with Crippen LogP contribution in [0.3, 0.4) is 0 Å². The quantitative estimate of drug-likeness (QED) is 0.458. The van der Waals surface area contributed by atoms with Gasteiger partial charge in [0.05, 0.1) is 10.6 Å². The van der Waals surface area contributed by atoms with Gasteiger partial charge in [0.2, 0.25) is 0 Å². The lowest BCUT2D eigenvalue weighted by molar-refractivity contribution is -0.384. The minimum absolute atomic E-state index is 0.0851. The summed E-state index contributed by atoms with van der Waals surface area (Å²) in [6, 6.07) is 15.8. The summed E-state index contributed by atoms with van der Waals surface area (Å²) < 4.78 is 0. The maximum atomic E-state index is 10.5. The van der Waals surface area contributed by atoms with Gasteiger partial charge >= 0.3 is 0 Å². The molecule has 0 aliphatic carbocycles. The van der Waals surface area contributed by atoms with Crippen molar-refractivity contribution in [3.63, 3.8) is 0 Å². The second-order valence-corrected chi connectivity index (χ2v) is 3.44. The zero-order chi connectivity index (χ0) is 12.1. The van der Waals surface area contributed by atoms with Gasteiger partial charge in [-0.3, -0.25) is 15.1 Å². The lowest BCUT2D eigenvalue weighted by Gasteiger charge is -1.94. The van der Waals surface area contributed by atoms with Gasteiger partial charge in [0.25, 0.3) is 5.69 Å². The fourth-order valence-electron chi connectivity index (χ4n) is 1.35. The summed E-state index contributed by atoms with van der Waals surface area (Å²) in [5.74, 6) is 0. The van der Waals surface area contributed by atoms with E-state index in [9.17, 15) is 10.1 Å². The molecule has 0 unspecified atom stereocenters. The van der Waals surface area contributed by atoms with Crippen LogP contribution in [0, 0.1) is 10.1 Å². The van der Waals surface area contributed by atoms with E-state index in [0.717, 1.165) is 11.3 Å². The lowest BCUT2D eigenvalue weighted by atomic mass is 10.2. The Morgan fingerprint density at radius 2 is 1.65 bits per heavy atom. The molecule has 2 rings (SSSR count). The molecule has 0 atom stereocenters. The van der Waals surface area contributed by atoms with Gasteiger partial charge in [0.15, 0.2) is 0 Å². The van der Waals surface area contributed by atoms with Crippen LogP contribution in [0.2, 0.25) is 0 Å². The first-order valence-electron chi connectivity index (χ1n) is 5.09. The molecule has 0 saturated carbocycles. The van der Waals surface area contributed by atoms with Gasteiger partial charge in [-0.2, -0.15) is 0 Å². The third kappa shape index (κ3) is 2.98. The number of nitrogens with zero attached hydrogens (tertiary/aromatic N) is 2. The number of benzene rings is 2. The number of nitro groups is 1. The summed E-state index contributed by atoms with van der Waals surface area (Å²) in [7, 11) is 0. The summed E-state index contributed by atoms with van der Waals surface area (Å²) in [6.45, 7) is 0. The molecule has 0 bridgehead atoms. The maximum absolute atomic E-state index is 10.5. The fourth-order valence-corrected chi connectivity index (χ4v) is 1.35. The van der Waals surface area contributed by atoms with Crippen LogP contribution in [0.25, 0.3) is 0 Å². The number of hydrogen-bond donors (Lipinski definition) is 0. The van der Waals surface area contributed by atoms with Crippen molar-refractivity contribution in [2.24, 2.45) is 4.99 Å². The van der Waals surface area contributed by atoms with Crippen molar-refractivity contribution in [1.82, 2.24) is 0 Å². The molecule has 0 fully saturated rings. The summed E-state index contributed by atoms with van der Waals surface area (Å²) in [5, 5.41) is 10.5. The molecule has 0 spiro atoms.